The molecule has 1 N–H and O–H groups in total. The van der Waals surface area contributed by atoms with E-state index < -0.39 is 11.9 Å². The molecule has 2 saturated heterocycles. The van der Waals surface area contributed by atoms with Gasteiger partial charge in [-0.25, -0.2) is 14.2 Å². The van der Waals surface area contributed by atoms with Crippen molar-refractivity contribution in [2.75, 3.05) is 49.1 Å². The predicted octanol–water partition coefficient (Wildman–Crippen LogP) is 3.26. The molecule has 3 aliphatic rings. The molecule has 2 atom stereocenters. The van der Waals surface area contributed by atoms with Gasteiger partial charge < -0.3 is 19.9 Å². The fourth-order valence-electron chi connectivity index (χ4n) is 4.52. The van der Waals surface area contributed by atoms with E-state index in [2.05, 4.69) is 32.0 Å². The molecule has 178 valence electrons. The molecule has 2 unspecified atom stereocenters. The summed E-state index contributed by atoms with van der Waals surface area (Å²) in [5, 5.41) is 3.32. The Morgan fingerprint density at radius 1 is 1.21 bits per heavy atom. The highest BCUT2D eigenvalue weighted by atomic mass is 19.1. The third-order valence-electron chi connectivity index (χ3n) is 6.52. The first-order valence-electron chi connectivity index (χ1n) is 11.7. The molecule has 4 heterocycles. The normalized spacial score (nSPS) is 22.8. The van der Waals surface area contributed by atoms with Gasteiger partial charge in [-0.15, -0.1) is 0 Å². The van der Waals surface area contributed by atoms with Gasteiger partial charge in [0.2, 0.25) is 0 Å². The van der Waals surface area contributed by atoms with Crippen LogP contribution < -0.4 is 15.1 Å². The summed E-state index contributed by atoms with van der Waals surface area (Å²) in [6.45, 7) is 6.72. The summed E-state index contributed by atoms with van der Waals surface area (Å²) < 4.78 is 20.7. The second-order valence-electron chi connectivity index (χ2n) is 8.83. The number of benzene rings is 1. The molecule has 9 heteroatoms. The van der Waals surface area contributed by atoms with Crippen LogP contribution in [-0.2, 0) is 4.74 Å². The number of piperazine rings is 1. The summed E-state index contributed by atoms with van der Waals surface area (Å²) in [7, 11) is 0. The molecule has 3 aliphatic heterocycles. The second kappa shape index (κ2) is 9.80. The van der Waals surface area contributed by atoms with Gasteiger partial charge in [-0.1, -0.05) is 0 Å². The Morgan fingerprint density at radius 2 is 2.06 bits per heavy atom. The Hall–Kier alpha value is -3.46. The number of carbonyl (C=O) groups is 1. The van der Waals surface area contributed by atoms with Crippen molar-refractivity contribution in [2.45, 2.75) is 25.5 Å². The lowest BCUT2D eigenvalue weighted by molar-refractivity contribution is 0.114. The van der Waals surface area contributed by atoms with Gasteiger partial charge in [-0.2, -0.15) is 0 Å². The Kier molecular flexibility index (Phi) is 6.44. The number of anilines is 2. The van der Waals surface area contributed by atoms with E-state index in [0.717, 1.165) is 38.4 Å². The number of aliphatic imine (C=N–C) groups is 1. The average Bonchev–Trinajstić information content (AvgIpc) is 3.11. The number of pyridine rings is 1. The SMILES string of the molecule is CC1CC=NC=CN1CC1CN(c2ccc(-c3ccc(N4CCNCC4)nc3)c(F)c2)C(=O)O1. The smallest absolute Gasteiger partial charge is 0.414 e. The van der Waals surface area contributed by atoms with Gasteiger partial charge in [0, 0.05) is 74.6 Å². The maximum atomic E-state index is 15.1. The van der Waals surface area contributed by atoms with Crippen molar-refractivity contribution in [3.63, 3.8) is 0 Å². The molecule has 1 aromatic heterocycles. The molecule has 1 aromatic carbocycles. The molecule has 5 rings (SSSR count). The molecular weight excluding hydrogens is 435 g/mol. The summed E-state index contributed by atoms with van der Waals surface area (Å²) in [5.41, 5.74) is 1.65. The Labute approximate surface area is 198 Å². The van der Waals surface area contributed by atoms with Crippen molar-refractivity contribution in [1.29, 1.82) is 0 Å². The lowest BCUT2D eigenvalue weighted by Crippen LogP contribution is -2.43. The summed E-state index contributed by atoms with van der Waals surface area (Å²) in [4.78, 5) is 27.1. The van der Waals surface area contributed by atoms with E-state index in [1.165, 1.54) is 11.0 Å². The van der Waals surface area contributed by atoms with E-state index in [1.54, 1.807) is 24.5 Å². The first-order chi connectivity index (χ1) is 16.6. The van der Waals surface area contributed by atoms with Crippen LogP contribution in [-0.4, -0.2) is 73.6 Å². The fraction of sp³-hybridized carbons (Fsp3) is 0.400. The highest BCUT2D eigenvalue weighted by molar-refractivity contribution is 5.90. The molecular formula is C25H29FN6O2. The van der Waals surface area contributed by atoms with Gasteiger partial charge in [-0.3, -0.25) is 9.89 Å². The first-order valence-corrected chi connectivity index (χ1v) is 11.7. The zero-order chi connectivity index (χ0) is 23.5. The second-order valence-corrected chi connectivity index (χ2v) is 8.83. The molecule has 0 spiro atoms. The van der Waals surface area contributed by atoms with Crippen LogP contribution in [0.3, 0.4) is 0 Å². The molecule has 0 saturated carbocycles. The van der Waals surface area contributed by atoms with Crippen molar-refractivity contribution < 1.29 is 13.9 Å². The van der Waals surface area contributed by atoms with Gasteiger partial charge >= 0.3 is 6.09 Å². The molecule has 8 nitrogen and oxygen atoms in total. The number of nitrogens with zero attached hydrogens (tertiary/aromatic N) is 5. The number of amides is 1. The number of carbonyl (C=O) groups excluding carboxylic acids is 1. The van der Waals surface area contributed by atoms with Crippen LogP contribution in [0.15, 0.2) is 53.9 Å². The minimum Gasteiger partial charge on any atom is -0.442 e. The lowest BCUT2D eigenvalue weighted by Gasteiger charge is -2.28. The van der Waals surface area contributed by atoms with Crippen LogP contribution in [0.1, 0.15) is 13.3 Å². The zero-order valence-electron chi connectivity index (χ0n) is 19.2. The Morgan fingerprint density at radius 3 is 2.82 bits per heavy atom. The van der Waals surface area contributed by atoms with Crippen molar-refractivity contribution in [2.24, 2.45) is 4.99 Å². The Bertz CT molecular complexity index is 1080. The van der Waals surface area contributed by atoms with Gasteiger partial charge in [0.25, 0.3) is 0 Å². The number of ether oxygens (including phenoxy) is 1. The summed E-state index contributed by atoms with van der Waals surface area (Å²) in [6, 6.07) is 8.93. The van der Waals surface area contributed by atoms with E-state index in [-0.39, 0.29) is 12.1 Å². The lowest BCUT2D eigenvalue weighted by atomic mass is 10.1. The summed E-state index contributed by atoms with van der Waals surface area (Å²) in [5.74, 6) is 0.500. The number of nitrogens with one attached hydrogen (secondary N) is 1. The first kappa shape index (κ1) is 22.3. The molecule has 2 aromatic rings. The van der Waals surface area contributed by atoms with Crippen LogP contribution in [0.4, 0.5) is 20.7 Å². The monoisotopic (exact) mass is 464 g/mol. The van der Waals surface area contributed by atoms with E-state index >= 15 is 4.39 Å². The third-order valence-corrected chi connectivity index (χ3v) is 6.52. The van der Waals surface area contributed by atoms with Gasteiger partial charge in [0.1, 0.15) is 17.7 Å². The quantitative estimate of drug-likeness (QED) is 0.732. The Balaban J connectivity index is 1.26. The van der Waals surface area contributed by atoms with Gasteiger partial charge in [0.05, 0.1) is 18.8 Å². The number of aromatic nitrogens is 1. The zero-order valence-corrected chi connectivity index (χ0v) is 19.2. The summed E-state index contributed by atoms with van der Waals surface area (Å²) in [6.07, 6.45) is 7.32. The third kappa shape index (κ3) is 4.75. The highest BCUT2D eigenvalue weighted by Crippen LogP contribution is 2.30. The number of rotatable bonds is 5. The minimum absolute atomic E-state index is 0.263. The largest absolute Gasteiger partial charge is 0.442 e. The summed E-state index contributed by atoms with van der Waals surface area (Å²) >= 11 is 0. The van der Waals surface area contributed by atoms with E-state index in [9.17, 15) is 4.79 Å². The standard InChI is InChI=1S/C25H29FN6O2/c1-18-6-7-27-10-13-31(18)16-21-17-32(25(33)34-21)20-3-4-22(23(26)14-20)19-2-5-24(29-15-19)30-11-8-28-9-12-30/h2-5,7,10,13-15,18,21,28H,6,8-9,11-12,16-17H2,1H3. The van der Waals surface area contributed by atoms with Crippen LogP contribution in [0.5, 0.6) is 0 Å². The van der Waals surface area contributed by atoms with Gasteiger partial charge in [-0.05, 0) is 37.3 Å². The average molecular weight is 465 g/mol. The number of cyclic esters (lactones) is 1. The minimum atomic E-state index is -0.457. The van der Waals surface area contributed by atoms with Gasteiger partial charge in [0.15, 0.2) is 0 Å². The van der Waals surface area contributed by atoms with Crippen LogP contribution >= 0.6 is 0 Å². The fourth-order valence-corrected chi connectivity index (χ4v) is 4.52. The molecule has 1 amide bonds. The molecule has 2 fully saturated rings. The van der Waals surface area contributed by atoms with E-state index in [4.69, 9.17) is 4.74 Å². The number of halogens is 1. The van der Waals surface area contributed by atoms with Crippen LogP contribution in [0.25, 0.3) is 11.1 Å². The van der Waals surface area contributed by atoms with E-state index in [0.29, 0.717) is 29.9 Å². The topological polar surface area (TPSA) is 73.3 Å². The predicted molar refractivity (Wildman–Crippen MR) is 131 cm³/mol. The van der Waals surface area contributed by atoms with E-state index in [1.807, 2.05) is 24.5 Å². The van der Waals surface area contributed by atoms with Crippen LogP contribution in [0, 0.1) is 5.82 Å². The molecule has 0 aliphatic carbocycles. The van der Waals surface area contributed by atoms with Crippen LogP contribution in [0.2, 0.25) is 0 Å². The number of hydrogen-bond acceptors (Lipinski definition) is 7. The maximum Gasteiger partial charge on any atom is 0.414 e. The molecule has 0 bridgehead atoms. The van der Waals surface area contributed by atoms with Crippen molar-refractivity contribution >= 4 is 23.8 Å². The molecule has 0 radical (unpaired) electrons. The van der Waals surface area contributed by atoms with Crippen molar-refractivity contribution in [3.05, 3.63) is 54.7 Å². The number of hydrogen-bond donors (Lipinski definition) is 1. The maximum absolute atomic E-state index is 15.1. The van der Waals surface area contributed by atoms with Crippen molar-refractivity contribution in [3.8, 4) is 11.1 Å². The highest BCUT2D eigenvalue weighted by Gasteiger charge is 2.34. The van der Waals surface area contributed by atoms with Crippen molar-refractivity contribution in [1.82, 2.24) is 15.2 Å². The molecule has 34 heavy (non-hydrogen) atoms.